The van der Waals surface area contributed by atoms with Gasteiger partial charge < -0.3 is 4.74 Å². The van der Waals surface area contributed by atoms with Crippen LogP contribution in [0.15, 0.2) is 42.0 Å². The van der Waals surface area contributed by atoms with Gasteiger partial charge in [0.15, 0.2) is 0 Å². The van der Waals surface area contributed by atoms with Crippen LogP contribution in [0.5, 0.6) is 0 Å². The highest BCUT2D eigenvalue weighted by Crippen LogP contribution is 2.46. The van der Waals surface area contributed by atoms with Gasteiger partial charge in [-0.05, 0) is 45.1 Å². The second-order valence-corrected chi connectivity index (χ2v) is 6.30. The first kappa shape index (κ1) is 13.8. The number of allylic oxidation sites excluding steroid dienone is 2. The normalized spacial score (nSPS) is 29.4. The highest BCUT2D eigenvalue weighted by Gasteiger charge is 2.50. The molecular formula is C18H25NO. The summed E-state index contributed by atoms with van der Waals surface area (Å²) in [6, 6.07) is 11.3. The first-order chi connectivity index (χ1) is 9.71. The van der Waals surface area contributed by atoms with Crippen molar-refractivity contribution in [1.29, 1.82) is 0 Å². The van der Waals surface area contributed by atoms with E-state index >= 15 is 0 Å². The standard InChI is InChI=1S/C18H25NO/c1-15(2)8-6-11-18-12-7-13-19(18)17(14-20-18)16-9-4-3-5-10-16/h3-5,8-10,17H,6-7,11-14H2,1-2H3/t17-,18-/m0/s1. The molecule has 0 aromatic heterocycles. The molecule has 0 amide bonds. The molecule has 2 saturated heterocycles. The zero-order chi connectivity index (χ0) is 14.0. The molecule has 2 heteroatoms. The maximum atomic E-state index is 6.31. The maximum absolute atomic E-state index is 6.31. The van der Waals surface area contributed by atoms with Crippen LogP contribution in [0.1, 0.15) is 51.1 Å². The topological polar surface area (TPSA) is 12.5 Å². The molecule has 3 rings (SSSR count). The molecule has 2 nitrogen and oxygen atoms in total. The van der Waals surface area contributed by atoms with E-state index in [0.29, 0.717) is 6.04 Å². The van der Waals surface area contributed by atoms with Crippen molar-refractivity contribution < 1.29 is 4.74 Å². The lowest BCUT2D eigenvalue weighted by Crippen LogP contribution is -2.40. The minimum absolute atomic E-state index is 0.00641. The van der Waals surface area contributed by atoms with Gasteiger partial charge in [0.25, 0.3) is 0 Å². The molecule has 108 valence electrons. The van der Waals surface area contributed by atoms with Gasteiger partial charge in [-0.1, -0.05) is 42.0 Å². The van der Waals surface area contributed by atoms with Gasteiger partial charge in [-0.2, -0.15) is 0 Å². The average molecular weight is 271 g/mol. The number of fused-ring (bicyclic) bond motifs is 1. The van der Waals surface area contributed by atoms with Crippen LogP contribution in [0, 0.1) is 0 Å². The Labute approximate surface area is 122 Å². The van der Waals surface area contributed by atoms with E-state index in [1.165, 1.54) is 30.5 Å². The molecule has 0 bridgehead atoms. The predicted molar refractivity (Wildman–Crippen MR) is 82.5 cm³/mol. The van der Waals surface area contributed by atoms with E-state index in [0.717, 1.165) is 19.4 Å². The number of hydrogen-bond acceptors (Lipinski definition) is 2. The van der Waals surface area contributed by atoms with Gasteiger partial charge in [0, 0.05) is 6.54 Å². The van der Waals surface area contributed by atoms with Crippen LogP contribution < -0.4 is 0 Å². The Kier molecular flexibility index (Phi) is 3.95. The van der Waals surface area contributed by atoms with E-state index in [9.17, 15) is 0 Å². The van der Waals surface area contributed by atoms with E-state index in [4.69, 9.17) is 4.74 Å². The molecule has 0 spiro atoms. The highest BCUT2D eigenvalue weighted by atomic mass is 16.5. The van der Waals surface area contributed by atoms with Crippen LogP contribution >= 0.6 is 0 Å². The summed E-state index contributed by atoms with van der Waals surface area (Å²) in [7, 11) is 0. The van der Waals surface area contributed by atoms with Crippen molar-refractivity contribution in [2.45, 2.75) is 51.3 Å². The third-order valence-corrected chi connectivity index (χ3v) is 4.65. The number of nitrogens with zero attached hydrogens (tertiary/aromatic N) is 1. The van der Waals surface area contributed by atoms with Gasteiger partial charge in [0.1, 0.15) is 5.72 Å². The number of rotatable bonds is 4. The quantitative estimate of drug-likeness (QED) is 0.757. The van der Waals surface area contributed by atoms with Crippen LogP contribution in [-0.2, 0) is 4.74 Å². The lowest BCUT2D eigenvalue weighted by Gasteiger charge is -2.33. The van der Waals surface area contributed by atoms with E-state index in [2.05, 4.69) is 55.2 Å². The summed E-state index contributed by atoms with van der Waals surface area (Å²) in [5.41, 5.74) is 2.81. The minimum Gasteiger partial charge on any atom is -0.358 e. The monoisotopic (exact) mass is 271 g/mol. The summed E-state index contributed by atoms with van der Waals surface area (Å²) in [6.45, 7) is 6.37. The number of ether oxygens (including phenoxy) is 1. The zero-order valence-corrected chi connectivity index (χ0v) is 12.6. The van der Waals surface area contributed by atoms with Crippen LogP contribution in [-0.4, -0.2) is 23.8 Å². The van der Waals surface area contributed by atoms with Crippen LogP contribution in [0.3, 0.4) is 0 Å². The Bertz CT molecular complexity index is 477. The van der Waals surface area contributed by atoms with Crippen molar-refractivity contribution >= 4 is 0 Å². The molecule has 2 fully saturated rings. The number of benzene rings is 1. The highest BCUT2D eigenvalue weighted by molar-refractivity contribution is 5.21. The average Bonchev–Trinajstić information content (AvgIpc) is 2.97. The Balaban J connectivity index is 1.75. The van der Waals surface area contributed by atoms with Crippen LogP contribution in [0.25, 0.3) is 0 Å². The minimum atomic E-state index is 0.00641. The van der Waals surface area contributed by atoms with Crippen LogP contribution in [0.4, 0.5) is 0 Å². The third kappa shape index (κ3) is 2.55. The molecule has 20 heavy (non-hydrogen) atoms. The molecule has 2 aliphatic rings. The summed E-state index contributed by atoms with van der Waals surface area (Å²) in [4.78, 5) is 2.61. The van der Waals surface area contributed by atoms with E-state index < -0.39 is 0 Å². The zero-order valence-electron chi connectivity index (χ0n) is 12.6. The van der Waals surface area contributed by atoms with Gasteiger partial charge in [-0.15, -0.1) is 0 Å². The van der Waals surface area contributed by atoms with Crippen molar-refractivity contribution in [3.05, 3.63) is 47.5 Å². The Morgan fingerprint density at radius 3 is 2.90 bits per heavy atom. The third-order valence-electron chi connectivity index (χ3n) is 4.65. The molecule has 0 N–H and O–H groups in total. The molecule has 2 aliphatic heterocycles. The summed E-state index contributed by atoms with van der Waals surface area (Å²) >= 11 is 0. The first-order valence-corrected chi connectivity index (χ1v) is 7.80. The smallest absolute Gasteiger partial charge is 0.122 e. The second-order valence-electron chi connectivity index (χ2n) is 6.30. The molecular weight excluding hydrogens is 246 g/mol. The first-order valence-electron chi connectivity index (χ1n) is 7.80. The molecule has 0 radical (unpaired) electrons. The van der Waals surface area contributed by atoms with Crippen LogP contribution in [0.2, 0.25) is 0 Å². The largest absolute Gasteiger partial charge is 0.358 e. The molecule has 2 atom stereocenters. The Morgan fingerprint density at radius 2 is 2.15 bits per heavy atom. The van der Waals surface area contributed by atoms with Crippen molar-refractivity contribution in [1.82, 2.24) is 4.90 Å². The fraction of sp³-hybridized carbons (Fsp3) is 0.556. The second kappa shape index (κ2) is 5.71. The van der Waals surface area contributed by atoms with Crippen molar-refractivity contribution in [3.8, 4) is 0 Å². The van der Waals surface area contributed by atoms with Gasteiger partial charge in [-0.25, -0.2) is 0 Å². The maximum Gasteiger partial charge on any atom is 0.122 e. The predicted octanol–water partition coefficient (Wildman–Crippen LogP) is 4.30. The lowest BCUT2D eigenvalue weighted by molar-refractivity contribution is -0.0663. The lowest BCUT2D eigenvalue weighted by atomic mass is 10.0. The summed E-state index contributed by atoms with van der Waals surface area (Å²) < 4.78 is 6.31. The van der Waals surface area contributed by atoms with E-state index in [1.54, 1.807) is 0 Å². The van der Waals surface area contributed by atoms with Gasteiger partial charge in [-0.3, -0.25) is 4.90 Å². The van der Waals surface area contributed by atoms with Gasteiger partial charge in [0.05, 0.1) is 12.6 Å². The van der Waals surface area contributed by atoms with E-state index in [-0.39, 0.29) is 5.72 Å². The summed E-state index contributed by atoms with van der Waals surface area (Å²) in [6.07, 6.45) is 7.04. The molecule has 0 saturated carbocycles. The fourth-order valence-corrected chi connectivity index (χ4v) is 3.67. The molecule has 0 aliphatic carbocycles. The Hall–Kier alpha value is -1.12. The molecule has 1 aromatic carbocycles. The number of hydrogen-bond donors (Lipinski definition) is 0. The molecule has 1 aromatic rings. The Morgan fingerprint density at radius 1 is 1.35 bits per heavy atom. The van der Waals surface area contributed by atoms with Crippen molar-refractivity contribution in [3.63, 3.8) is 0 Å². The van der Waals surface area contributed by atoms with Gasteiger partial charge in [0.2, 0.25) is 0 Å². The molecule has 0 unspecified atom stereocenters. The fourth-order valence-electron chi connectivity index (χ4n) is 3.67. The van der Waals surface area contributed by atoms with Gasteiger partial charge >= 0.3 is 0 Å². The van der Waals surface area contributed by atoms with Crippen molar-refractivity contribution in [2.24, 2.45) is 0 Å². The SMILES string of the molecule is CC(C)=CCC[C@]12CCCN1[C@H](c1ccccc1)CO2. The van der Waals surface area contributed by atoms with E-state index in [1.807, 2.05) is 0 Å². The molecule has 2 heterocycles. The summed E-state index contributed by atoms with van der Waals surface area (Å²) in [5, 5.41) is 0. The summed E-state index contributed by atoms with van der Waals surface area (Å²) in [5.74, 6) is 0. The van der Waals surface area contributed by atoms with Crippen molar-refractivity contribution in [2.75, 3.05) is 13.2 Å².